The first-order valence-electron chi connectivity index (χ1n) is 4.83. The van der Waals surface area contributed by atoms with Gasteiger partial charge in [-0.25, -0.2) is 0 Å². The monoisotopic (exact) mass is 279 g/mol. The van der Waals surface area contributed by atoms with Gasteiger partial charge in [0.1, 0.15) is 0 Å². The topological polar surface area (TPSA) is 23.8 Å². The van der Waals surface area contributed by atoms with Gasteiger partial charge in [-0.1, -0.05) is 41.4 Å². The van der Waals surface area contributed by atoms with Crippen molar-refractivity contribution in [3.8, 4) is 6.07 Å². The maximum Gasteiger partial charge on any atom is 0.0999 e. The van der Waals surface area contributed by atoms with Gasteiger partial charge in [-0.3, -0.25) is 0 Å². The highest BCUT2D eigenvalue weighted by Gasteiger charge is 2.06. The van der Waals surface area contributed by atoms with Crippen molar-refractivity contribution < 1.29 is 0 Å². The second-order valence-electron chi connectivity index (χ2n) is 3.29. The molecule has 0 spiro atoms. The molecule has 0 saturated heterocycles. The molecule has 1 aromatic carbocycles. The Bertz CT molecular complexity index is 608. The number of hydrogen-bond donors (Lipinski definition) is 0. The lowest BCUT2D eigenvalue weighted by Gasteiger charge is -2.00. The molecule has 2 aromatic rings. The van der Waals surface area contributed by atoms with E-state index >= 15 is 0 Å². The standard InChI is InChI=1S/C13H7Cl2NS/c14-12-4-2-1-3-11(12)9(8-16)7-10-5-6-13(15)17-10/h1-7H. The summed E-state index contributed by atoms with van der Waals surface area (Å²) in [5.74, 6) is 0. The molecule has 1 aromatic heterocycles. The third-order valence-corrected chi connectivity index (χ3v) is 3.67. The molecule has 0 unspecified atom stereocenters. The second kappa shape index (κ2) is 5.37. The van der Waals surface area contributed by atoms with E-state index in [4.69, 9.17) is 28.5 Å². The zero-order chi connectivity index (χ0) is 12.3. The molecule has 2 rings (SSSR count). The SMILES string of the molecule is N#CC(=Cc1ccc(Cl)s1)c1ccccc1Cl. The van der Waals surface area contributed by atoms with Crippen molar-refractivity contribution in [2.75, 3.05) is 0 Å². The number of nitriles is 1. The Balaban J connectivity index is 2.45. The van der Waals surface area contributed by atoms with Crippen LogP contribution >= 0.6 is 34.5 Å². The number of hydrogen-bond acceptors (Lipinski definition) is 2. The highest BCUT2D eigenvalue weighted by Crippen LogP contribution is 2.28. The molecule has 0 saturated carbocycles. The Morgan fingerprint density at radius 3 is 2.53 bits per heavy atom. The summed E-state index contributed by atoms with van der Waals surface area (Å²) in [7, 11) is 0. The fourth-order valence-corrected chi connectivity index (χ4v) is 2.64. The highest BCUT2D eigenvalue weighted by molar-refractivity contribution is 7.17. The summed E-state index contributed by atoms with van der Waals surface area (Å²) in [6.07, 6.45) is 1.79. The van der Waals surface area contributed by atoms with Crippen molar-refractivity contribution >= 4 is 46.2 Å². The minimum atomic E-state index is 0.536. The summed E-state index contributed by atoms with van der Waals surface area (Å²) in [5.41, 5.74) is 1.27. The van der Waals surface area contributed by atoms with E-state index < -0.39 is 0 Å². The van der Waals surface area contributed by atoms with Crippen molar-refractivity contribution in [3.63, 3.8) is 0 Å². The van der Waals surface area contributed by atoms with E-state index in [0.29, 0.717) is 14.9 Å². The maximum atomic E-state index is 9.17. The molecule has 1 nitrogen and oxygen atoms in total. The third-order valence-electron chi connectivity index (χ3n) is 2.17. The number of allylic oxidation sites excluding steroid dienone is 1. The lowest BCUT2D eigenvalue weighted by atomic mass is 10.1. The van der Waals surface area contributed by atoms with Gasteiger partial charge in [-0.2, -0.15) is 5.26 Å². The largest absolute Gasteiger partial charge is 0.192 e. The van der Waals surface area contributed by atoms with Gasteiger partial charge < -0.3 is 0 Å². The predicted molar refractivity (Wildman–Crippen MR) is 74.3 cm³/mol. The van der Waals surface area contributed by atoms with Gasteiger partial charge in [-0.15, -0.1) is 11.3 Å². The van der Waals surface area contributed by atoms with Crippen molar-refractivity contribution in [3.05, 3.63) is 56.2 Å². The van der Waals surface area contributed by atoms with Crippen LogP contribution in [0.3, 0.4) is 0 Å². The van der Waals surface area contributed by atoms with Gasteiger partial charge in [0, 0.05) is 15.5 Å². The molecule has 0 bridgehead atoms. The molecule has 0 fully saturated rings. The first-order valence-corrected chi connectivity index (χ1v) is 6.40. The van der Waals surface area contributed by atoms with E-state index in [9.17, 15) is 0 Å². The quantitative estimate of drug-likeness (QED) is 0.700. The zero-order valence-corrected chi connectivity index (χ0v) is 11.0. The molecular formula is C13H7Cl2NS. The van der Waals surface area contributed by atoms with E-state index in [-0.39, 0.29) is 0 Å². The summed E-state index contributed by atoms with van der Waals surface area (Å²) in [4.78, 5) is 0.937. The molecule has 84 valence electrons. The van der Waals surface area contributed by atoms with E-state index in [1.807, 2.05) is 24.3 Å². The Morgan fingerprint density at radius 2 is 1.94 bits per heavy atom. The summed E-state index contributed by atoms with van der Waals surface area (Å²) < 4.78 is 0.702. The van der Waals surface area contributed by atoms with E-state index in [1.165, 1.54) is 11.3 Å². The maximum absolute atomic E-state index is 9.17. The number of rotatable bonds is 2. The van der Waals surface area contributed by atoms with Gasteiger partial charge in [0.05, 0.1) is 16.0 Å². The molecule has 1 heterocycles. The van der Waals surface area contributed by atoms with Crippen molar-refractivity contribution in [2.24, 2.45) is 0 Å². The second-order valence-corrected chi connectivity index (χ2v) is 5.45. The van der Waals surface area contributed by atoms with E-state index in [2.05, 4.69) is 6.07 Å². The normalized spacial score (nSPS) is 11.2. The fraction of sp³-hybridized carbons (Fsp3) is 0. The lowest BCUT2D eigenvalue weighted by molar-refractivity contribution is 1.52. The molecule has 0 aliphatic rings. The molecule has 0 N–H and O–H groups in total. The van der Waals surface area contributed by atoms with Crippen LogP contribution in [-0.4, -0.2) is 0 Å². The Morgan fingerprint density at radius 1 is 1.18 bits per heavy atom. The van der Waals surface area contributed by atoms with Gasteiger partial charge in [0.25, 0.3) is 0 Å². The minimum absolute atomic E-state index is 0.536. The van der Waals surface area contributed by atoms with Crippen LogP contribution in [-0.2, 0) is 0 Å². The van der Waals surface area contributed by atoms with Crippen molar-refractivity contribution in [2.45, 2.75) is 0 Å². The van der Waals surface area contributed by atoms with E-state index in [0.717, 1.165) is 10.4 Å². The number of halogens is 2. The van der Waals surface area contributed by atoms with Crippen LogP contribution in [0.1, 0.15) is 10.4 Å². The van der Waals surface area contributed by atoms with Crippen LogP contribution in [0.5, 0.6) is 0 Å². The first-order chi connectivity index (χ1) is 8.20. The van der Waals surface area contributed by atoms with Gasteiger partial charge in [0.2, 0.25) is 0 Å². The number of thiophene rings is 1. The van der Waals surface area contributed by atoms with Crippen LogP contribution in [0.25, 0.3) is 11.6 Å². The van der Waals surface area contributed by atoms with E-state index in [1.54, 1.807) is 18.2 Å². The molecule has 0 aliphatic carbocycles. The van der Waals surface area contributed by atoms with Crippen LogP contribution < -0.4 is 0 Å². The van der Waals surface area contributed by atoms with Crippen molar-refractivity contribution in [1.29, 1.82) is 5.26 Å². The summed E-state index contributed by atoms with van der Waals surface area (Å²) >= 11 is 13.3. The molecule has 0 atom stereocenters. The number of benzene rings is 1. The van der Waals surface area contributed by atoms with Crippen LogP contribution in [0.15, 0.2) is 36.4 Å². The number of nitrogens with zero attached hydrogens (tertiary/aromatic N) is 1. The molecule has 0 amide bonds. The third kappa shape index (κ3) is 2.89. The average Bonchev–Trinajstić information content (AvgIpc) is 2.73. The first kappa shape index (κ1) is 12.2. The summed E-state index contributed by atoms with van der Waals surface area (Å²) in [6.45, 7) is 0. The molecule has 0 radical (unpaired) electrons. The van der Waals surface area contributed by atoms with Crippen molar-refractivity contribution in [1.82, 2.24) is 0 Å². The molecular weight excluding hydrogens is 273 g/mol. The van der Waals surface area contributed by atoms with Gasteiger partial charge >= 0.3 is 0 Å². The minimum Gasteiger partial charge on any atom is -0.192 e. The highest BCUT2D eigenvalue weighted by atomic mass is 35.5. The fourth-order valence-electron chi connectivity index (χ4n) is 1.40. The predicted octanol–water partition coefficient (Wildman–Crippen LogP) is 5.12. The van der Waals surface area contributed by atoms with Crippen LogP contribution in [0.4, 0.5) is 0 Å². The molecule has 17 heavy (non-hydrogen) atoms. The zero-order valence-electron chi connectivity index (χ0n) is 8.65. The van der Waals surface area contributed by atoms with Crippen LogP contribution in [0, 0.1) is 11.3 Å². The lowest BCUT2D eigenvalue weighted by Crippen LogP contribution is -1.82. The Kier molecular flexibility index (Phi) is 3.86. The average molecular weight is 280 g/mol. The Labute approximate surface area is 114 Å². The summed E-state index contributed by atoms with van der Waals surface area (Å²) in [6, 6.07) is 13.1. The van der Waals surface area contributed by atoms with Crippen LogP contribution in [0.2, 0.25) is 9.36 Å². The van der Waals surface area contributed by atoms with Gasteiger partial charge in [-0.05, 0) is 24.3 Å². The summed E-state index contributed by atoms with van der Waals surface area (Å²) in [5, 5.41) is 9.74. The van der Waals surface area contributed by atoms with Gasteiger partial charge in [0.15, 0.2) is 0 Å². The molecule has 0 aliphatic heterocycles. The Hall–Kier alpha value is -1.27. The molecule has 4 heteroatoms. The smallest absolute Gasteiger partial charge is 0.0999 e.